The summed E-state index contributed by atoms with van der Waals surface area (Å²) in [7, 11) is 0. The maximum Gasteiger partial charge on any atom is 0.225 e. The summed E-state index contributed by atoms with van der Waals surface area (Å²) in [6.45, 7) is 3.02. The van der Waals surface area contributed by atoms with E-state index in [1.165, 1.54) is 5.56 Å². The van der Waals surface area contributed by atoms with Crippen molar-refractivity contribution in [2.45, 2.75) is 32.4 Å². The van der Waals surface area contributed by atoms with Crippen LogP contribution in [0, 0.1) is 0 Å². The van der Waals surface area contributed by atoms with Crippen LogP contribution in [-0.4, -0.2) is 18.6 Å². The highest BCUT2D eigenvalue weighted by atomic mass is 16.5. The first-order valence-electron chi connectivity index (χ1n) is 7.89. The maximum absolute atomic E-state index is 11.7. The van der Waals surface area contributed by atoms with Gasteiger partial charge in [0.15, 0.2) is 0 Å². The van der Waals surface area contributed by atoms with E-state index in [1.54, 1.807) is 0 Å². The summed E-state index contributed by atoms with van der Waals surface area (Å²) in [5, 5.41) is 2.86. The summed E-state index contributed by atoms with van der Waals surface area (Å²) < 4.78 is 5.72. The second-order valence-corrected chi connectivity index (χ2v) is 5.72. The van der Waals surface area contributed by atoms with Gasteiger partial charge in [-0.05, 0) is 36.6 Å². The molecule has 4 nitrogen and oxygen atoms in total. The summed E-state index contributed by atoms with van der Waals surface area (Å²) in [4.78, 5) is 11.7. The summed E-state index contributed by atoms with van der Waals surface area (Å²) in [5.41, 5.74) is 8.71. The van der Waals surface area contributed by atoms with Gasteiger partial charge in [-0.15, -0.1) is 0 Å². The number of carbonyl (C=O) groups is 1. The number of hydrogen-bond donors (Lipinski definition) is 2. The van der Waals surface area contributed by atoms with Crippen LogP contribution >= 0.6 is 0 Å². The molecule has 0 aliphatic rings. The molecule has 23 heavy (non-hydrogen) atoms. The van der Waals surface area contributed by atoms with Crippen molar-refractivity contribution < 1.29 is 9.53 Å². The Kier molecular flexibility index (Phi) is 6.78. The van der Waals surface area contributed by atoms with Gasteiger partial charge in [0.1, 0.15) is 0 Å². The predicted octanol–water partition coefficient (Wildman–Crippen LogP) is 3.12. The molecule has 0 radical (unpaired) electrons. The van der Waals surface area contributed by atoms with Gasteiger partial charge in [0.05, 0.1) is 13.2 Å². The van der Waals surface area contributed by atoms with Gasteiger partial charge < -0.3 is 15.8 Å². The summed E-state index contributed by atoms with van der Waals surface area (Å²) in [5.74, 6) is -0.0675. The van der Waals surface area contributed by atoms with E-state index in [-0.39, 0.29) is 11.9 Å². The third kappa shape index (κ3) is 6.63. The Balaban J connectivity index is 1.77. The fraction of sp³-hybridized carbons (Fsp3) is 0.316. The van der Waals surface area contributed by atoms with Crippen molar-refractivity contribution in [2.24, 2.45) is 5.73 Å². The van der Waals surface area contributed by atoms with E-state index in [0.29, 0.717) is 19.6 Å². The smallest absolute Gasteiger partial charge is 0.225 e. The molecule has 0 aliphatic carbocycles. The van der Waals surface area contributed by atoms with Crippen LogP contribution in [-0.2, 0) is 22.6 Å². The summed E-state index contributed by atoms with van der Waals surface area (Å²) in [6.07, 6.45) is 1.21. The Labute approximate surface area is 137 Å². The molecule has 0 saturated carbocycles. The standard InChI is InChI=1S/C19H24N2O2/c1-15(20)12-19(22)21-18-9-5-8-17(13-18)14-23-11-10-16-6-3-2-4-7-16/h2-9,13,15H,10-12,14,20H2,1H3,(H,21,22). The first-order valence-corrected chi connectivity index (χ1v) is 7.89. The van der Waals surface area contributed by atoms with Crippen LogP contribution < -0.4 is 11.1 Å². The van der Waals surface area contributed by atoms with Crippen LogP contribution in [0.3, 0.4) is 0 Å². The Bertz CT molecular complexity index is 612. The maximum atomic E-state index is 11.7. The predicted molar refractivity (Wildman–Crippen MR) is 93.1 cm³/mol. The number of hydrogen-bond acceptors (Lipinski definition) is 3. The Morgan fingerprint density at radius 3 is 2.61 bits per heavy atom. The Morgan fingerprint density at radius 2 is 1.87 bits per heavy atom. The van der Waals surface area contributed by atoms with E-state index < -0.39 is 0 Å². The first kappa shape index (κ1) is 17.2. The molecule has 0 spiro atoms. The van der Waals surface area contributed by atoms with Crippen molar-refractivity contribution in [3.63, 3.8) is 0 Å². The molecule has 2 aromatic rings. The molecule has 0 bridgehead atoms. The van der Waals surface area contributed by atoms with E-state index >= 15 is 0 Å². The SMILES string of the molecule is CC(N)CC(=O)Nc1cccc(COCCc2ccccc2)c1. The lowest BCUT2D eigenvalue weighted by Gasteiger charge is -2.09. The molecule has 0 saturated heterocycles. The lowest BCUT2D eigenvalue weighted by atomic mass is 10.2. The minimum atomic E-state index is -0.139. The normalized spacial score (nSPS) is 11.9. The molecule has 0 aromatic heterocycles. The van der Waals surface area contributed by atoms with Crippen molar-refractivity contribution in [3.05, 3.63) is 65.7 Å². The van der Waals surface area contributed by atoms with Gasteiger partial charge in [0, 0.05) is 18.2 Å². The Hall–Kier alpha value is -2.17. The van der Waals surface area contributed by atoms with Gasteiger partial charge in [0.25, 0.3) is 0 Å². The topological polar surface area (TPSA) is 64.4 Å². The molecule has 0 heterocycles. The van der Waals surface area contributed by atoms with E-state index in [2.05, 4.69) is 17.4 Å². The average molecular weight is 312 g/mol. The molecule has 3 N–H and O–H groups in total. The quantitative estimate of drug-likeness (QED) is 0.736. The first-order chi connectivity index (χ1) is 11.1. The zero-order valence-electron chi connectivity index (χ0n) is 13.5. The molecule has 2 aromatic carbocycles. The van der Waals surface area contributed by atoms with Crippen molar-refractivity contribution in [1.29, 1.82) is 0 Å². The molecule has 1 unspecified atom stereocenters. The van der Waals surface area contributed by atoms with Crippen LogP contribution in [0.5, 0.6) is 0 Å². The third-order valence-corrected chi connectivity index (χ3v) is 3.36. The van der Waals surface area contributed by atoms with Crippen LogP contribution in [0.25, 0.3) is 0 Å². The molecular weight excluding hydrogens is 288 g/mol. The van der Waals surface area contributed by atoms with E-state index in [1.807, 2.05) is 49.4 Å². The fourth-order valence-electron chi connectivity index (χ4n) is 2.27. The van der Waals surface area contributed by atoms with Gasteiger partial charge in [-0.2, -0.15) is 0 Å². The third-order valence-electron chi connectivity index (χ3n) is 3.36. The lowest BCUT2D eigenvalue weighted by Crippen LogP contribution is -2.24. The van der Waals surface area contributed by atoms with E-state index in [0.717, 1.165) is 17.7 Å². The average Bonchev–Trinajstić information content (AvgIpc) is 2.52. The number of carbonyl (C=O) groups excluding carboxylic acids is 1. The fourth-order valence-corrected chi connectivity index (χ4v) is 2.27. The summed E-state index contributed by atoms with van der Waals surface area (Å²) >= 11 is 0. The van der Waals surface area contributed by atoms with Gasteiger partial charge in [-0.1, -0.05) is 42.5 Å². The Morgan fingerprint density at radius 1 is 1.13 bits per heavy atom. The number of nitrogens with two attached hydrogens (primary N) is 1. The van der Waals surface area contributed by atoms with E-state index in [4.69, 9.17) is 10.5 Å². The molecule has 1 amide bonds. The highest BCUT2D eigenvalue weighted by Crippen LogP contribution is 2.12. The largest absolute Gasteiger partial charge is 0.376 e. The number of benzene rings is 2. The minimum absolute atomic E-state index is 0.0675. The second-order valence-electron chi connectivity index (χ2n) is 5.72. The molecule has 4 heteroatoms. The number of nitrogens with one attached hydrogen (secondary N) is 1. The van der Waals surface area contributed by atoms with Crippen molar-refractivity contribution in [3.8, 4) is 0 Å². The van der Waals surface area contributed by atoms with Crippen molar-refractivity contribution in [1.82, 2.24) is 0 Å². The van der Waals surface area contributed by atoms with Gasteiger partial charge in [-0.3, -0.25) is 4.79 Å². The van der Waals surface area contributed by atoms with E-state index in [9.17, 15) is 4.79 Å². The van der Waals surface area contributed by atoms with Crippen molar-refractivity contribution >= 4 is 11.6 Å². The van der Waals surface area contributed by atoms with Crippen LogP contribution in [0.15, 0.2) is 54.6 Å². The van der Waals surface area contributed by atoms with Crippen LogP contribution in [0.4, 0.5) is 5.69 Å². The highest BCUT2D eigenvalue weighted by Gasteiger charge is 2.05. The number of anilines is 1. The lowest BCUT2D eigenvalue weighted by molar-refractivity contribution is -0.116. The minimum Gasteiger partial charge on any atom is -0.376 e. The van der Waals surface area contributed by atoms with Crippen LogP contribution in [0.2, 0.25) is 0 Å². The molecule has 122 valence electrons. The van der Waals surface area contributed by atoms with Gasteiger partial charge in [0.2, 0.25) is 5.91 Å². The number of rotatable bonds is 8. The number of amides is 1. The summed E-state index contributed by atoms with van der Waals surface area (Å²) in [6, 6.07) is 17.8. The van der Waals surface area contributed by atoms with Crippen molar-refractivity contribution in [2.75, 3.05) is 11.9 Å². The zero-order valence-corrected chi connectivity index (χ0v) is 13.5. The van der Waals surface area contributed by atoms with Gasteiger partial charge >= 0.3 is 0 Å². The molecule has 0 aliphatic heterocycles. The monoisotopic (exact) mass is 312 g/mol. The molecule has 2 rings (SSSR count). The molecule has 0 fully saturated rings. The molecule has 1 atom stereocenters. The molecular formula is C19H24N2O2. The van der Waals surface area contributed by atoms with Crippen LogP contribution in [0.1, 0.15) is 24.5 Å². The highest BCUT2D eigenvalue weighted by molar-refractivity contribution is 5.91. The zero-order chi connectivity index (χ0) is 16.5. The van der Waals surface area contributed by atoms with Gasteiger partial charge in [-0.25, -0.2) is 0 Å². The number of ether oxygens (including phenoxy) is 1. The second kappa shape index (κ2) is 9.08.